The Morgan fingerprint density at radius 2 is 2.03 bits per heavy atom. The molecule has 30 heavy (non-hydrogen) atoms. The lowest BCUT2D eigenvalue weighted by atomic mass is 10.3. The minimum Gasteiger partial charge on any atom is -0.495 e. The van der Waals surface area contributed by atoms with Crippen molar-refractivity contribution in [3.63, 3.8) is 0 Å². The number of aromatic nitrogens is 2. The molecule has 2 aromatic heterocycles. The van der Waals surface area contributed by atoms with Crippen LogP contribution in [0.25, 0.3) is 11.1 Å². The highest BCUT2D eigenvalue weighted by Crippen LogP contribution is 2.29. The molecule has 4 rings (SSSR count). The highest BCUT2D eigenvalue weighted by molar-refractivity contribution is 7.99. The number of sulfonamides is 1. The van der Waals surface area contributed by atoms with Crippen molar-refractivity contribution in [2.75, 3.05) is 17.6 Å². The molecule has 4 aromatic rings. The van der Waals surface area contributed by atoms with Gasteiger partial charge in [-0.3, -0.25) is 9.52 Å². The zero-order chi connectivity index (χ0) is 21.1. The van der Waals surface area contributed by atoms with E-state index in [4.69, 9.17) is 9.15 Å². The van der Waals surface area contributed by atoms with Gasteiger partial charge in [-0.15, -0.1) is 0 Å². The number of ether oxygens (including phenoxy) is 1. The largest absolute Gasteiger partial charge is 0.495 e. The van der Waals surface area contributed by atoms with E-state index in [1.54, 1.807) is 42.6 Å². The maximum absolute atomic E-state index is 12.8. The standard InChI is InChI=1S/C20H17N3O5S2/c1-27-18-7-3-2-5-15(18)23-30(25,26)13-8-9-19-16(11-13)22-20(28-19)29-12-17(24)14-6-4-10-21-14/h2-11,21,23H,12H2,1H3. The maximum Gasteiger partial charge on any atom is 0.262 e. The first-order valence-electron chi connectivity index (χ1n) is 8.82. The number of Topliss-reactive ketones (excluding diaryl/α,β-unsaturated/α-hetero) is 1. The van der Waals surface area contributed by atoms with Crippen LogP contribution in [-0.4, -0.2) is 37.0 Å². The molecule has 0 fully saturated rings. The van der Waals surface area contributed by atoms with Gasteiger partial charge in [-0.25, -0.2) is 13.4 Å². The Morgan fingerprint density at radius 1 is 1.20 bits per heavy atom. The summed E-state index contributed by atoms with van der Waals surface area (Å²) in [6.45, 7) is 0. The van der Waals surface area contributed by atoms with E-state index in [9.17, 15) is 13.2 Å². The molecule has 154 valence electrons. The normalized spacial score (nSPS) is 11.5. The molecule has 10 heteroatoms. The van der Waals surface area contributed by atoms with Gasteiger partial charge in [-0.2, -0.15) is 0 Å². The first-order chi connectivity index (χ1) is 14.5. The van der Waals surface area contributed by atoms with Crippen LogP contribution in [0.2, 0.25) is 0 Å². The van der Waals surface area contributed by atoms with Gasteiger partial charge in [0, 0.05) is 6.20 Å². The molecule has 0 aliphatic heterocycles. The zero-order valence-electron chi connectivity index (χ0n) is 15.8. The van der Waals surface area contributed by atoms with E-state index in [0.29, 0.717) is 28.2 Å². The van der Waals surface area contributed by atoms with E-state index in [-0.39, 0.29) is 21.7 Å². The summed E-state index contributed by atoms with van der Waals surface area (Å²) in [5.74, 6) is 0.471. The predicted octanol–water partition coefficient (Wildman–Crippen LogP) is 3.94. The van der Waals surface area contributed by atoms with Crippen molar-refractivity contribution in [3.8, 4) is 5.75 Å². The van der Waals surface area contributed by atoms with Crippen LogP contribution < -0.4 is 9.46 Å². The number of H-pyrrole nitrogens is 1. The lowest BCUT2D eigenvalue weighted by molar-refractivity contribution is 0.101. The van der Waals surface area contributed by atoms with Crippen LogP contribution >= 0.6 is 11.8 Å². The Balaban J connectivity index is 1.53. The fourth-order valence-corrected chi connectivity index (χ4v) is 4.57. The lowest BCUT2D eigenvalue weighted by Crippen LogP contribution is -2.13. The van der Waals surface area contributed by atoms with Gasteiger partial charge in [0.15, 0.2) is 11.4 Å². The summed E-state index contributed by atoms with van der Waals surface area (Å²) in [7, 11) is -2.39. The Bertz CT molecular complexity index is 1300. The summed E-state index contributed by atoms with van der Waals surface area (Å²) in [5, 5.41) is 0.289. The van der Waals surface area contributed by atoms with Crippen LogP contribution in [0.4, 0.5) is 5.69 Å². The number of thioether (sulfide) groups is 1. The average Bonchev–Trinajstić information content (AvgIpc) is 3.41. The summed E-state index contributed by atoms with van der Waals surface area (Å²) >= 11 is 1.14. The zero-order valence-corrected chi connectivity index (χ0v) is 17.4. The minimum atomic E-state index is -3.86. The average molecular weight is 444 g/mol. The molecule has 0 saturated heterocycles. The number of ketones is 1. The number of hydrogen-bond acceptors (Lipinski definition) is 7. The van der Waals surface area contributed by atoms with E-state index in [1.807, 2.05) is 0 Å². The molecular formula is C20H17N3O5S2. The number of benzene rings is 2. The van der Waals surface area contributed by atoms with Crippen molar-refractivity contribution in [2.45, 2.75) is 10.1 Å². The van der Waals surface area contributed by atoms with Gasteiger partial charge in [0.05, 0.1) is 29.1 Å². The SMILES string of the molecule is COc1ccccc1NS(=O)(=O)c1ccc2oc(SCC(=O)c3ccc[nH]3)nc2c1. The van der Waals surface area contributed by atoms with E-state index >= 15 is 0 Å². The first kappa shape index (κ1) is 20.0. The van der Waals surface area contributed by atoms with Crippen molar-refractivity contribution in [1.29, 1.82) is 0 Å². The highest BCUT2D eigenvalue weighted by Gasteiger charge is 2.19. The smallest absolute Gasteiger partial charge is 0.262 e. The lowest BCUT2D eigenvalue weighted by Gasteiger charge is -2.11. The van der Waals surface area contributed by atoms with E-state index in [2.05, 4.69) is 14.7 Å². The van der Waals surface area contributed by atoms with Gasteiger partial charge >= 0.3 is 0 Å². The van der Waals surface area contributed by atoms with Gasteiger partial charge in [-0.05, 0) is 42.5 Å². The second-order valence-electron chi connectivity index (χ2n) is 6.21. The van der Waals surface area contributed by atoms with Gasteiger partial charge in [0.1, 0.15) is 11.3 Å². The summed E-state index contributed by atoms with van der Waals surface area (Å²) in [6, 6.07) is 14.6. The van der Waals surface area contributed by atoms with Crippen LogP contribution in [0.3, 0.4) is 0 Å². The second kappa shape index (κ2) is 8.25. The van der Waals surface area contributed by atoms with Crippen LogP contribution in [0, 0.1) is 0 Å². The second-order valence-corrected chi connectivity index (χ2v) is 8.82. The van der Waals surface area contributed by atoms with E-state index in [0.717, 1.165) is 11.8 Å². The Morgan fingerprint density at radius 3 is 2.80 bits per heavy atom. The molecule has 2 heterocycles. The third-order valence-electron chi connectivity index (χ3n) is 4.23. The number of anilines is 1. The quantitative estimate of drug-likeness (QED) is 0.313. The number of carbonyl (C=O) groups excluding carboxylic acids is 1. The Hall–Kier alpha value is -3.24. The maximum atomic E-state index is 12.8. The molecule has 0 saturated carbocycles. The number of rotatable bonds is 8. The molecule has 0 radical (unpaired) electrons. The number of nitrogens with zero attached hydrogens (tertiary/aromatic N) is 1. The molecule has 0 unspecified atom stereocenters. The molecule has 2 N–H and O–H groups in total. The van der Waals surface area contributed by atoms with E-state index in [1.165, 1.54) is 25.3 Å². The fraction of sp³-hybridized carbons (Fsp3) is 0.100. The summed E-state index contributed by atoms with van der Waals surface area (Å²) in [5.41, 5.74) is 1.66. The summed E-state index contributed by atoms with van der Waals surface area (Å²) < 4.78 is 38.9. The van der Waals surface area contributed by atoms with Crippen molar-refractivity contribution in [2.24, 2.45) is 0 Å². The summed E-state index contributed by atoms with van der Waals surface area (Å²) in [4.78, 5) is 19.3. The van der Waals surface area contributed by atoms with Crippen LogP contribution in [-0.2, 0) is 10.0 Å². The molecular weight excluding hydrogens is 426 g/mol. The van der Waals surface area contributed by atoms with Crippen LogP contribution in [0.5, 0.6) is 5.75 Å². The Labute approximate surface area is 176 Å². The first-order valence-corrected chi connectivity index (χ1v) is 11.3. The molecule has 2 aromatic carbocycles. The van der Waals surface area contributed by atoms with E-state index < -0.39 is 10.0 Å². The van der Waals surface area contributed by atoms with Gasteiger partial charge in [0.2, 0.25) is 0 Å². The van der Waals surface area contributed by atoms with Crippen molar-refractivity contribution < 1.29 is 22.4 Å². The number of carbonyl (C=O) groups is 1. The predicted molar refractivity (Wildman–Crippen MR) is 114 cm³/mol. The number of methoxy groups -OCH3 is 1. The molecule has 0 spiro atoms. The van der Waals surface area contributed by atoms with Gasteiger partial charge in [0.25, 0.3) is 15.2 Å². The number of fused-ring (bicyclic) bond motifs is 1. The number of nitrogens with one attached hydrogen (secondary N) is 2. The fourth-order valence-electron chi connectivity index (χ4n) is 2.76. The monoisotopic (exact) mass is 443 g/mol. The number of hydrogen-bond donors (Lipinski definition) is 2. The van der Waals surface area contributed by atoms with Crippen LogP contribution in [0.15, 0.2) is 75.3 Å². The topological polar surface area (TPSA) is 114 Å². The third kappa shape index (κ3) is 4.19. The van der Waals surface area contributed by atoms with Crippen LogP contribution in [0.1, 0.15) is 10.5 Å². The minimum absolute atomic E-state index is 0.0354. The number of para-hydroxylation sites is 2. The molecule has 0 aliphatic rings. The number of oxazole rings is 1. The van der Waals surface area contributed by atoms with Crippen molar-refractivity contribution in [3.05, 3.63) is 66.5 Å². The van der Waals surface area contributed by atoms with Gasteiger partial charge < -0.3 is 14.1 Å². The highest BCUT2D eigenvalue weighted by atomic mass is 32.2. The Kier molecular flexibility index (Phi) is 5.51. The van der Waals surface area contributed by atoms with Crippen molar-refractivity contribution >= 4 is 44.4 Å². The molecule has 8 nitrogen and oxygen atoms in total. The molecule has 0 bridgehead atoms. The van der Waals surface area contributed by atoms with Crippen molar-refractivity contribution in [1.82, 2.24) is 9.97 Å². The molecule has 0 aliphatic carbocycles. The number of aromatic amines is 1. The summed E-state index contributed by atoms with van der Waals surface area (Å²) in [6.07, 6.45) is 1.68. The van der Waals surface area contributed by atoms with Gasteiger partial charge in [-0.1, -0.05) is 23.9 Å². The molecule has 0 atom stereocenters. The third-order valence-corrected chi connectivity index (χ3v) is 6.42. The molecule has 0 amide bonds.